The van der Waals surface area contributed by atoms with E-state index in [1.807, 2.05) is 24.3 Å². The van der Waals surface area contributed by atoms with Crippen molar-refractivity contribution >= 4 is 27.8 Å². The van der Waals surface area contributed by atoms with E-state index in [9.17, 15) is 9.59 Å². The second-order valence-corrected chi connectivity index (χ2v) is 6.76. The van der Waals surface area contributed by atoms with Gasteiger partial charge in [-0.15, -0.1) is 5.10 Å². The van der Waals surface area contributed by atoms with Gasteiger partial charge in [0.15, 0.2) is 5.69 Å². The standard InChI is InChI=1S/C16H17BrN4O3/c1-10-14(15(22)20-7-3-4-11(9-20)16(23)24)18-19-21(10)13-6-2-5-12(17)8-13/h2,5-6,8,11H,3-4,7,9H2,1H3,(H,23,24). The summed E-state index contributed by atoms with van der Waals surface area (Å²) < 4.78 is 2.51. The third-order valence-corrected chi connectivity index (χ3v) is 4.70. The fourth-order valence-corrected chi connectivity index (χ4v) is 3.28. The molecular weight excluding hydrogens is 376 g/mol. The molecule has 0 saturated carbocycles. The highest BCUT2D eigenvalue weighted by Crippen LogP contribution is 2.21. The number of piperidine rings is 1. The lowest BCUT2D eigenvalue weighted by atomic mass is 9.98. The highest BCUT2D eigenvalue weighted by Gasteiger charge is 2.31. The van der Waals surface area contributed by atoms with Gasteiger partial charge in [0.25, 0.3) is 5.91 Å². The number of amides is 1. The molecule has 126 valence electrons. The first-order valence-corrected chi connectivity index (χ1v) is 8.47. The Kier molecular flexibility index (Phi) is 4.66. The summed E-state index contributed by atoms with van der Waals surface area (Å²) in [5.74, 6) is -1.63. The van der Waals surface area contributed by atoms with Crippen LogP contribution in [0.5, 0.6) is 0 Å². The summed E-state index contributed by atoms with van der Waals surface area (Å²) in [5.41, 5.74) is 1.70. The summed E-state index contributed by atoms with van der Waals surface area (Å²) in [4.78, 5) is 25.4. The summed E-state index contributed by atoms with van der Waals surface area (Å²) >= 11 is 3.41. The molecular formula is C16H17BrN4O3. The number of halogens is 1. The van der Waals surface area contributed by atoms with Crippen LogP contribution in [0.1, 0.15) is 29.0 Å². The van der Waals surface area contributed by atoms with E-state index < -0.39 is 11.9 Å². The van der Waals surface area contributed by atoms with Gasteiger partial charge in [-0.2, -0.15) is 0 Å². The Morgan fingerprint density at radius 2 is 2.17 bits per heavy atom. The maximum atomic E-state index is 12.7. The highest BCUT2D eigenvalue weighted by molar-refractivity contribution is 9.10. The fraction of sp³-hybridized carbons (Fsp3) is 0.375. The largest absolute Gasteiger partial charge is 0.481 e. The third-order valence-electron chi connectivity index (χ3n) is 4.21. The van der Waals surface area contributed by atoms with Crippen molar-refractivity contribution in [2.24, 2.45) is 5.92 Å². The molecule has 2 heterocycles. The maximum Gasteiger partial charge on any atom is 0.308 e. The van der Waals surface area contributed by atoms with Crippen molar-refractivity contribution in [3.63, 3.8) is 0 Å². The van der Waals surface area contributed by atoms with Crippen LogP contribution >= 0.6 is 15.9 Å². The van der Waals surface area contributed by atoms with E-state index in [0.29, 0.717) is 25.1 Å². The zero-order chi connectivity index (χ0) is 17.3. The van der Waals surface area contributed by atoms with Gasteiger partial charge < -0.3 is 10.0 Å². The van der Waals surface area contributed by atoms with Crippen LogP contribution in [-0.4, -0.2) is 50.0 Å². The molecule has 0 bridgehead atoms. The van der Waals surface area contributed by atoms with E-state index >= 15 is 0 Å². The minimum Gasteiger partial charge on any atom is -0.481 e. The molecule has 1 aromatic carbocycles. The molecule has 1 saturated heterocycles. The number of rotatable bonds is 3. The Balaban J connectivity index is 1.85. The molecule has 0 spiro atoms. The molecule has 1 aromatic heterocycles. The number of carbonyl (C=O) groups is 2. The van der Waals surface area contributed by atoms with Crippen LogP contribution in [0.2, 0.25) is 0 Å². The molecule has 0 aliphatic carbocycles. The monoisotopic (exact) mass is 392 g/mol. The number of nitrogens with zero attached hydrogens (tertiary/aromatic N) is 4. The number of likely N-dealkylation sites (tertiary alicyclic amines) is 1. The predicted molar refractivity (Wildman–Crippen MR) is 90.1 cm³/mol. The van der Waals surface area contributed by atoms with E-state index in [1.165, 1.54) is 0 Å². The van der Waals surface area contributed by atoms with Crippen LogP contribution in [0.4, 0.5) is 0 Å². The average molecular weight is 393 g/mol. The van der Waals surface area contributed by atoms with Crippen LogP contribution in [0.25, 0.3) is 5.69 Å². The number of hydrogen-bond donors (Lipinski definition) is 1. The molecule has 1 N–H and O–H groups in total. The Labute approximate surface area is 147 Å². The zero-order valence-electron chi connectivity index (χ0n) is 13.1. The van der Waals surface area contributed by atoms with Crippen molar-refractivity contribution in [3.8, 4) is 5.69 Å². The summed E-state index contributed by atoms with van der Waals surface area (Å²) in [6.45, 7) is 2.55. The molecule has 7 nitrogen and oxygen atoms in total. The summed E-state index contributed by atoms with van der Waals surface area (Å²) in [6, 6.07) is 7.55. The van der Waals surface area contributed by atoms with Crippen molar-refractivity contribution in [1.82, 2.24) is 19.9 Å². The van der Waals surface area contributed by atoms with Gasteiger partial charge in [0.2, 0.25) is 0 Å². The minimum absolute atomic E-state index is 0.220. The topological polar surface area (TPSA) is 88.3 Å². The first-order valence-electron chi connectivity index (χ1n) is 7.67. The molecule has 1 aliphatic heterocycles. The summed E-state index contributed by atoms with van der Waals surface area (Å²) in [7, 11) is 0. The molecule has 3 rings (SSSR count). The van der Waals surface area contributed by atoms with Crippen molar-refractivity contribution < 1.29 is 14.7 Å². The molecule has 2 aromatic rings. The number of hydrogen-bond acceptors (Lipinski definition) is 4. The molecule has 1 amide bonds. The minimum atomic E-state index is -0.859. The molecule has 0 radical (unpaired) electrons. The zero-order valence-corrected chi connectivity index (χ0v) is 14.7. The van der Waals surface area contributed by atoms with Crippen LogP contribution in [0.3, 0.4) is 0 Å². The molecule has 1 fully saturated rings. The van der Waals surface area contributed by atoms with E-state index in [1.54, 1.807) is 16.5 Å². The van der Waals surface area contributed by atoms with Gasteiger partial charge in [-0.25, -0.2) is 4.68 Å². The van der Waals surface area contributed by atoms with Gasteiger partial charge in [0, 0.05) is 17.6 Å². The lowest BCUT2D eigenvalue weighted by Crippen LogP contribution is -2.42. The SMILES string of the molecule is Cc1c(C(=O)N2CCCC(C(=O)O)C2)nnn1-c1cccc(Br)c1. The molecule has 1 aliphatic rings. The van der Waals surface area contributed by atoms with E-state index in [-0.39, 0.29) is 18.1 Å². The Morgan fingerprint density at radius 3 is 2.88 bits per heavy atom. The van der Waals surface area contributed by atoms with E-state index in [0.717, 1.165) is 10.2 Å². The number of benzene rings is 1. The number of carbonyl (C=O) groups excluding carboxylic acids is 1. The molecule has 8 heteroatoms. The number of carboxylic acid groups (broad SMARTS) is 1. The van der Waals surface area contributed by atoms with Gasteiger partial charge in [0.05, 0.1) is 17.3 Å². The van der Waals surface area contributed by atoms with Crippen molar-refractivity contribution in [2.45, 2.75) is 19.8 Å². The Hall–Kier alpha value is -2.22. The Morgan fingerprint density at radius 1 is 1.38 bits per heavy atom. The smallest absolute Gasteiger partial charge is 0.308 e. The average Bonchev–Trinajstić information content (AvgIpc) is 2.96. The van der Waals surface area contributed by atoms with Gasteiger partial charge >= 0.3 is 5.97 Å². The van der Waals surface area contributed by atoms with Crippen LogP contribution in [0.15, 0.2) is 28.7 Å². The van der Waals surface area contributed by atoms with Gasteiger partial charge in [0.1, 0.15) is 0 Å². The lowest BCUT2D eigenvalue weighted by molar-refractivity contribution is -0.143. The number of aromatic nitrogens is 3. The lowest BCUT2D eigenvalue weighted by Gasteiger charge is -2.30. The number of aliphatic carboxylic acids is 1. The van der Waals surface area contributed by atoms with Crippen molar-refractivity contribution in [3.05, 3.63) is 40.1 Å². The molecule has 1 atom stereocenters. The quantitative estimate of drug-likeness (QED) is 0.865. The first kappa shape index (κ1) is 16.6. The summed E-state index contributed by atoms with van der Waals surface area (Å²) in [5, 5.41) is 17.3. The highest BCUT2D eigenvalue weighted by atomic mass is 79.9. The van der Waals surface area contributed by atoms with Crippen molar-refractivity contribution in [1.29, 1.82) is 0 Å². The van der Waals surface area contributed by atoms with Gasteiger partial charge in [-0.1, -0.05) is 27.2 Å². The normalized spacial score (nSPS) is 17.8. The second-order valence-electron chi connectivity index (χ2n) is 5.84. The van der Waals surface area contributed by atoms with E-state index in [4.69, 9.17) is 5.11 Å². The predicted octanol–water partition coefficient (Wildman–Crippen LogP) is 2.28. The van der Waals surface area contributed by atoms with Crippen LogP contribution in [-0.2, 0) is 4.79 Å². The van der Waals surface area contributed by atoms with Crippen LogP contribution in [0, 0.1) is 12.8 Å². The molecule has 24 heavy (non-hydrogen) atoms. The summed E-state index contributed by atoms with van der Waals surface area (Å²) in [6.07, 6.45) is 1.28. The van der Waals surface area contributed by atoms with Crippen LogP contribution < -0.4 is 0 Å². The number of carboxylic acids is 1. The van der Waals surface area contributed by atoms with E-state index in [2.05, 4.69) is 26.2 Å². The van der Waals surface area contributed by atoms with Gasteiger partial charge in [-0.3, -0.25) is 9.59 Å². The third kappa shape index (κ3) is 3.19. The van der Waals surface area contributed by atoms with Crippen molar-refractivity contribution in [2.75, 3.05) is 13.1 Å². The molecule has 1 unspecified atom stereocenters. The maximum absolute atomic E-state index is 12.7. The first-order chi connectivity index (χ1) is 11.5. The second kappa shape index (κ2) is 6.72. The fourth-order valence-electron chi connectivity index (χ4n) is 2.89. The van der Waals surface area contributed by atoms with Gasteiger partial charge in [-0.05, 0) is 38.0 Å². The Bertz CT molecular complexity index is 789.